The molecule has 1 aliphatic heterocycles. The summed E-state index contributed by atoms with van der Waals surface area (Å²) in [5.74, 6) is -0.680. The second-order valence-electron chi connectivity index (χ2n) is 3.02. The average molecular weight is 245 g/mol. The van der Waals surface area contributed by atoms with Crippen LogP contribution in [0.25, 0.3) is 5.57 Å². The minimum atomic E-state index is -0.572. The highest BCUT2D eigenvalue weighted by Crippen LogP contribution is 2.31. The Balaban J connectivity index is 2.55. The first kappa shape index (κ1) is 10.3. The smallest absolute Gasteiger partial charge is 0.342 e. The molecule has 0 atom stereocenters. The lowest BCUT2D eigenvalue weighted by molar-refractivity contribution is -0.134. The van der Waals surface area contributed by atoms with Crippen LogP contribution in [0.5, 0.6) is 0 Å². The lowest BCUT2D eigenvalue weighted by Gasteiger charge is -2.03. The molecule has 0 unspecified atom stereocenters. The number of hydrogen-bond acceptors (Lipinski definition) is 3. The predicted octanol–water partition coefficient (Wildman–Crippen LogP) is 2.82. The Morgan fingerprint density at radius 3 is 2.60 bits per heavy atom. The highest BCUT2D eigenvalue weighted by atomic mass is 35.5. The van der Waals surface area contributed by atoms with E-state index in [9.17, 15) is 9.90 Å². The van der Waals surface area contributed by atoms with Crippen LogP contribution < -0.4 is 0 Å². The summed E-state index contributed by atoms with van der Waals surface area (Å²) < 4.78 is 4.66. The molecule has 15 heavy (non-hydrogen) atoms. The molecule has 2 rings (SSSR count). The molecule has 0 aromatic heterocycles. The first-order valence-corrected chi connectivity index (χ1v) is 4.90. The molecular formula is C10H6Cl2O3. The SMILES string of the molecule is O=C1OCC(O)=C1c1ccc(Cl)cc1Cl. The van der Waals surface area contributed by atoms with Crippen LogP contribution in [0.1, 0.15) is 5.56 Å². The Morgan fingerprint density at radius 2 is 2.07 bits per heavy atom. The molecular weight excluding hydrogens is 239 g/mol. The number of benzene rings is 1. The molecule has 78 valence electrons. The van der Waals surface area contributed by atoms with Gasteiger partial charge in [-0.2, -0.15) is 0 Å². The third-order valence-electron chi connectivity index (χ3n) is 2.03. The molecule has 0 saturated heterocycles. The van der Waals surface area contributed by atoms with Crippen molar-refractivity contribution in [3.05, 3.63) is 39.6 Å². The molecule has 1 N–H and O–H groups in total. The number of rotatable bonds is 1. The summed E-state index contributed by atoms with van der Waals surface area (Å²) in [6, 6.07) is 4.67. The third-order valence-corrected chi connectivity index (χ3v) is 2.58. The van der Waals surface area contributed by atoms with Crippen LogP contribution in [0, 0.1) is 0 Å². The standard InChI is InChI=1S/C10H6Cl2O3/c11-5-1-2-6(7(12)3-5)9-8(13)4-15-10(9)14/h1-3,13H,4H2. The van der Waals surface area contributed by atoms with Gasteiger partial charge in [0.1, 0.15) is 17.9 Å². The number of halogens is 2. The van der Waals surface area contributed by atoms with Crippen molar-refractivity contribution in [3.63, 3.8) is 0 Å². The molecule has 5 heteroatoms. The Morgan fingerprint density at radius 1 is 1.33 bits per heavy atom. The van der Waals surface area contributed by atoms with E-state index in [-0.39, 0.29) is 17.9 Å². The quantitative estimate of drug-likeness (QED) is 0.774. The van der Waals surface area contributed by atoms with Gasteiger partial charge in [0.2, 0.25) is 0 Å². The summed E-state index contributed by atoms with van der Waals surface area (Å²) in [6.07, 6.45) is 0. The number of esters is 1. The van der Waals surface area contributed by atoms with Crippen LogP contribution in [0.4, 0.5) is 0 Å². The van der Waals surface area contributed by atoms with E-state index in [4.69, 9.17) is 23.2 Å². The molecule has 1 aliphatic rings. The van der Waals surface area contributed by atoms with Gasteiger partial charge in [0, 0.05) is 10.6 Å². The van der Waals surface area contributed by atoms with E-state index in [2.05, 4.69) is 4.74 Å². The molecule has 0 radical (unpaired) electrons. The molecule has 0 bridgehead atoms. The average Bonchev–Trinajstić information content (AvgIpc) is 2.48. The van der Waals surface area contributed by atoms with Crippen LogP contribution in [0.3, 0.4) is 0 Å². The van der Waals surface area contributed by atoms with E-state index in [0.717, 1.165) is 0 Å². The molecule has 0 spiro atoms. The van der Waals surface area contributed by atoms with Crippen molar-refractivity contribution in [2.45, 2.75) is 0 Å². The number of carbonyl (C=O) groups is 1. The van der Waals surface area contributed by atoms with Gasteiger partial charge >= 0.3 is 5.97 Å². The van der Waals surface area contributed by atoms with Crippen LogP contribution in [-0.4, -0.2) is 17.7 Å². The summed E-state index contributed by atoms with van der Waals surface area (Å²) >= 11 is 11.6. The predicted molar refractivity (Wildman–Crippen MR) is 57.0 cm³/mol. The maximum absolute atomic E-state index is 11.3. The fourth-order valence-electron chi connectivity index (χ4n) is 1.35. The zero-order chi connectivity index (χ0) is 11.0. The molecule has 0 saturated carbocycles. The Hall–Kier alpha value is -1.19. The van der Waals surface area contributed by atoms with E-state index in [0.29, 0.717) is 15.6 Å². The lowest BCUT2D eigenvalue weighted by atomic mass is 10.1. The normalized spacial score (nSPS) is 15.7. The van der Waals surface area contributed by atoms with E-state index < -0.39 is 5.97 Å². The first-order chi connectivity index (χ1) is 7.09. The summed E-state index contributed by atoms with van der Waals surface area (Å²) in [6.45, 7) is -0.104. The van der Waals surface area contributed by atoms with Gasteiger partial charge in [0.15, 0.2) is 0 Å². The number of carbonyl (C=O) groups excluding carboxylic acids is 1. The minimum absolute atomic E-state index is 0.104. The molecule has 1 heterocycles. The van der Waals surface area contributed by atoms with Crippen molar-refractivity contribution in [2.24, 2.45) is 0 Å². The Labute approximate surface area is 95.9 Å². The summed E-state index contributed by atoms with van der Waals surface area (Å²) in [5.41, 5.74) is 0.540. The number of hydrogen-bond donors (Lipinski definition) is 1. The van der Waals surface area contributed by atoms with E-state index in [1.165, 1.54) is 6.07 Å². The topological polar surface area (TPSA) is 46.5 Å². The highest BCUT2D eigenvalue weighted by molar-refractivity contribution is 6.37. The highest BCUT2D eigenvalue weighted by Gasteiger charge is 2.27. The number of aliphatic hydroxyl groups excluding tert-OH is 1. The fraction of sp³-hybridized carbons (Fsp3) is 0.100. The van der Waals surface area contributed by atoms with E-state index in [1.54, 1.807) is 12.1 Å². The second kappa shape index (κ2) is 3.76. The van der Waals surface area contributed by atoms with E-state index in [1.807, 2.05) is 0 Å². The van der Waals surface area contributed by atoms with Crippen molar-refractivity contribution in [3.8, 4) is 0 Å². The van der Waals surface area contributed by atoms with Crippen molar-refractivity contribution in [1.29, 1.82) is 0 Å². The van der Waals surface area contributed by atoms with Crippen LogP contribution >= 0.6 is 23.2 Å². The van der Waals surface area contributed by atoms with Gasteiger partial charge in [-0.1, -0.05) is 29.3 Å². The maximum atomic E-state index is 11.3. The molecule has 0 aliphatic carbocycles. The molecule has 1 aromatic rings. The number of cyclic esters (lactones) is 1. The first-order valence-electron chi connectivity index (χ1n) is 4.14. The number of aliphatic hydroxyl groups is 1. The maximum Gasteiger partial charge on any atom is 0.342 e. The summed E-state index contributed by atoms with van der Waals surface area (Å²) in [4.78, 5) is 11.3. The molecule has 0 fully saturated rings. The largest absolute Gasteiger partial charge is 0.508 e. The Bertz CT molecular complexity index is 466. The fourth-order valence-corrected chi connectivity index (χ4v) is 1.86. The van der Waals surface area contributed by atoms with Crippen molar-refractivity contribution in [2.75, 3.05) is 6.61 Å². The molecule has 1 aromatic carbocycles. The van der Waals surface area contributed by atoms with Crippen LogP contribution in [-0.2, 0) is 9.53 Å². The van der Waals surface area contributed by atoms with Gasteiger partial charge in [-0.3, -0.25) is 0 Å². The van der Waals surface area contributed by atoms with Crippen molar-refractivity contribution in [1.82, 2.24) is 0 Å². The van der Waals surface area contributed by atoms with Gasteiger partial charge in [-0.15, -0.1) is 0 Å². The minimum Gasteiger partial charge on any atom is -0.508 e. The zero-order valence-corrected chi connectivity index (χ0v) is 8.97. The van der Waals surface area contributed by atoms with Gasteiger partial charge < -0.3 is 9.84 Å². The third kappa shape index (κ3) is 1.80. The lowest BCUT2D eigenvalue weighted by Crippen LogP contribution is -1.99. The van der Waals surface area contributed by atoms with Crippen molar-refractivity contribution >= 4 is 34.7 Å². The molecule has 0 amide bonds. The van der Waals surface area contributed by atoms with Gasteiger partial charge in [0.05, 0.1) is 5.02 Å². The van der Waals surface area contributed by atoms with Crippen LogP contribution in [0.15, 0.2) is 24.0 Å². The second-order valence-corrected chi connectivity index (χ2v) is 3.87. The zero-order valence-electron chi connectivity index (χ0n) is 7.46. The Kier molecular flexibility index (Phi) is 2.59. The van der Waals surface area contributed by atoms with Gasteiger partial charge in [-0.25, -0.2) is 4.79 Å². The number of ether oxygens (including phenoxy) is 1. The molecule has 3 nitrogen and oxygen atoms in total. The van der Waals surface area contributed by atoms with Gasteiger partial charge in [0.25, 0.3) is 0 Å². The van der Waals surface area contributed by atoms with Crippen molar-refractivity contribution < 1.29 is 14.6 Å². The van der Waals surface area contributed by atoms with Crippen LogP contribution in [0.2, 0.25) is 10.0 Å². The monoisotopic (exact) mass is 244 g/mol. The summed E-state index contributed by atoms with van der Waals surface area (Å²) in [7, 11) is 0. The summed E-state index contributed by atoms with van der Waals surface area (Å²) in [5, 5.41) is 10.2. The van der Waals surface area contributed by atoms with E-state index >= 15 is 0 Å². The van der Waals surface area contributed by atoms with Gasteiger partial charge in [-0.05, 0) is 12.1 Å².